The summed E-state index contributed by atoms with van der Waals surface area (Å²) < 4.78 is 48.9. The first-order valence-corrected chi connectivity index (χ1v) is 18.0. The molecule has 45 heavy (non-hydrogen) atoms. The van der Waals surface area contributed by atoms with Crippen molar-refractivity contribution in [3.05, 3.63) is 35.7 Å². The number of hydrogen-bond acceptors (Lipinski definition) is 3. The third kappa shape index (κ3) is 22.9. The summed E-state index contributed by atoms with van der Waals surface area (Å²) in [5.74, 6) is 1.01. The van der Waals surface area contributed by atoms with Gasteiger partial charge in [0.15, 0.2) is 11.5 Å². The number of aryl methyl sites for hydroxylation is 2. The molecule has 0 amide bonds. The van der Waals surface area contributed by atoms with Gasteiger partial charge in [-0.15, -0.1) is 8.78 Å². The van der Waals surface area contributed by atoms with Crippen LogP contribution in [0.25, 0.3) is 5.69 Å². The van der Waals surface area contributed by atoms with Gasteiger partial charge in [-0.2, -0.15) is 5.10 Å². The van der Waals surface area contributed by atoms with E-state index in [0.29, 0.717) is 5.69 Å². The van der Waals surface area contributed by atoms with Crippen LogP contribution in [0.5, 0.6) is 11.5 Å². The Bertz CT molecular complexity index is 941. The van der Waals surface area contributed by atoms with E-state index in [2.05, 4.69) is 70.0 Å². The molecule has 3 rings (SSSR count). The minimum Gasteiger partial charge on any atom is -0.395 e. The van der Waals surface area contributed by atoms with Crippen LogP contribution in [-0.4, -0.2) is 22.2 Å². The minimum absolute atomic E-state index is 0.0186. The van der Waals surface area contributed by atoms with Crippen molar-refractivity contribution in [2.24, 2.45) is 5.92 Å². The van der Waals surface area contributed by atoms with Crippen molar-refractivity contribution >= 4 is 0 Å². The van der Waals surface area contributed by atoms with E-state index in [0.717, 1.165) is 43.0 Å². The van der Waals surface area contributed by atoms with Crippen molar-refractivity contribution in [1.29, 1.82) is 0 Å². The molecule has 4 nitrogen and oxygen atoms in total. The van der Waals surface area contributed by atoms with E-state index in [1.807, 2.05) is 26.8 Å². The number of unbranched alkanes of at least 4 members (excludes halogenated alkanes) is 6. The van der Waals surface area contributed by atoms with E-state index < -0.39 is 12.5 Å². The summed E-state index contributed by atoms with van der Waals surface area (Å²) in [5, 5.41) is 4.28. The molecule has 264 valence electrons. The molecule has 0 N–H and O–H groups in total. The summed E-state index contributed by atoms with van der Waals surface area (Å²) in [5.41, 5.74) is 2.43. The van der Waals surface area contributed by atoms with Gasteiger partial charge in [0.2, 0.25) is 0 Å². The fraction of sp³-hybridized carbons (Fsp3) is 0.763. The second-order valence-electron chi connectivity index (χ2n) is 12.0. The van der Waals surface area contributed by atoms with Gasteiger partial charge in [0.05, 0.1) is 11.4 Å². The van der Waals surface area contributed by atoms with Crippen molar-refractivity contribution in [1.82, 2.24) is 9.78 Å². The zero-order valence-corrected chi connectivity index (χ0v) is 30.9. The van der Waals surface area contributed by atoms with Gasteiger partial charge in [0.1, 0.15) is 6.17 Å². The summed E-state index contributed by atoms with van der Waals surface area (Å²) in [6, 6.07) is 6.49. The van der Waals surface area contributed by atoms with Crippen LogP contribution in [0.3, 0.4) is 0 Å². The maximum absolute atomic E-state index is 12.9. The number of nitrogens with zero attached hydrogens (tertiary/aromatic N) is 2. The van der Waals surface area contributed by atoms with Crippen molar-refractivity contribution in [2.45, 2.75) is 185 Å². The topological polar surface area (TPSA) is 36.3 Å². The number of rotatable bonds is 14. The van der Waals surface area contributed by atoms with E-state index in [4.69, 9.17) is 0 Å². The third-order valence-corrected chi connectivity index (χ3v) is 7.36. The highest BCUT2D eigenvalue weighted by atomic mass is 19.3. The smallest absolute Gasteiger partial charge is 0.395 e. The van der Waals surface area contributed by atoms with Gasteiger partial charge in [0.25, 0.3) is 0 Å². The summed E-state index contributed by atoms with van der Waals surface area (Å²) in [7, 11) is 0. The quantitative estimate of drug-likeness (QED) is 0.192. The SMILES string of the molecule is CCCC.CCCC.CCCCCC(C)CC.CCCCCC(F)CCC.Cc1cc(C)n(-c2ccc3c(c2)OC(F)(F)O3)n1. The molecule has 1 aromatic carbocycles. The highest BCUT2D eigenvalue weighted by molar-refractivity contribution is 5.50. The molecule has 1 aliphatic rings. The van der Waals surface area contributed by atoms with Crippen molar-refractivity contribution < 1.29 is 22.6 Å². The second kappa shape index (κ2) is 28.1. The molecular weight excluding hydrogens is 573 g/mol. The zero-order valence-electron chi connectivity index (χ0n) is 30.9. The molecule has 0 saturated carbocycles. The van der Waals surface area contributed by atoms with Gasteiger partial charge >= 0.3 is 6.29 Å². The standard InChI is InChI=1S/C12H10F2N2O2.C9H19F.C9H20.2C4H10/c1-7-5-8(2)16(15-7)9-3-4-10-11(6-9)18-12(13,14)17-10;1-3-5-6-8-9(10)7-4-2;1-4-6-7-8-9(3)5-2;2*1-3-4-2/h3-6H,1-2H3;9H,3-8H2,1-2H3;9H,4-8H2,1-3H3;2*3-4H2,1-2H3. The van der Waals surface area contributed by atoms with Gasteiger partial charge in [-0.3, -0.25) is 0 Å². The molecule has 1 aromatic heterocycles. The van der Waals surface area contributed by atoms with Crippen LogP contribution < -0.4 is 9.47 Å². The second-order valence-corrected chi connectivity index (χ2v) is 12.0. The lowest BCUT2D eigenvalue weighted by molar-refractivity contribution is -0.286. The molecule has 0 spiro atoms. The van der Waals surface area contributed by atoms with Crippen LogP contribution in [0.4, 0.5) is 13.2 Å². The fourth-order valence-electron chi connectivity index (χ4n) is 3.98. The normalized spacial score (nSPS) is 13.5. The predicted molar refractivity (Wildman–Crippen MR) is 188 cm³/mol. The average Bonchev–Trinajstić information content (AvgIpc) is 3.53. The van der Waals surface area contributed by atoms with Crippen LogP contribution in [0.15, 0.2) is 24.3 Å². The monoisotopic (exact) mass is 643 g/mol. The number of alkyl halides is 3. The highest BCUT2D eigenvalue weighted by Crippen LogP contribution is 2.41. The molecule has 0 saturated heterocycles. The summed E-state index contributed by atoms with van der Waals surface area (Å²) in [6.07, 6.45) is 14.1. The first kappa shape index (κ1) is 44.9. The molecule has 0 fully saturated rings. The lowest BCUT2D eigenvalue weighted by atomic mass is 10.0. The first-order valence-electron chi connectivity index (χ1n) is 18.0. The fourth-order valence-corrected chi connectivity index (χ4v) is 3.98. The maximum atomic E-state index is 12.9. The molecule has 2 heterocycles. The van der Waals surface area contributed by atoms with Crippen molar-refractivity contribution in [3.8, 4) is 17.2 Å². The van der Waals surface area contributed by atoms with Crippen LogP contribution in [0.2, 0.25) is 0 Å². The van der Waals surface area contributed by atoms with Gasteiger partial charge in [0, 0.05) is 11.8 Å². The molecule has 0 radical (unpaired) electrons. The lowest BCUT2D eigenvalue weighted by Crippen LogP contribution is -2.25. The molecule has 2 atom stereocenters. The van der Waals surface area contributed by atoms with Crippen LogP contribution in [0.1, 0.15) is 170 Å². The number of ether oxygens (including phenoxy) is 2. The van der Waals surface area contributed by atoms with Gasteiger partial charge in [-0.05, 0) is 50.8 Å². The Morgan fingerprint density at radius 1 is 0.689 bits per heavy atom. The number of benzene rings is 1. The Balaban J connectivity index is 0. The van der Waals surface area contributed by atoms with Crippen LogP contribution in [0, 0.1) is 19.8 Å². The zero-order chi connectivity index (χ0) is 34.7. The molecule has 0 aliphatic carbocycles. The molecule has 2 unspecified atom stereocenters. The van der Waals surface area contributed by atoms with Crippen molar-refractivity contribution in [2.75, 3.05) is 0 Å². The number of aromatic nitrogens is 2. The van der Waals surface area contributed by atoms with E-state index >= 15 is 0 Å². The Labute approximate surface area is 275 Å². The van der Waals surface area contributed by atoms with E-state index in [1.54, 1.807) is 10.7 Å². The van der Waals surface area contributed by atoms with E-state index in [-0.39, 0.29) is 11.5 Å². The van der Waals surface area contributed by atoms with Crippen LogP contribution >= 0.6 is 0 Å². The van der Waals surface area contributed by atoms with Crippen molar-refractivity contribution in [3.63, 3.8) is 0 Å². The first-order chi connectivity index (χ1) is 21.4. The largest absolute Gasteiger partial charge is 0.586 e. The Morgan fingerprint density at radius 2 is 1.22 bits per heavy atom. The third-order valence-electron chi connectivity index (χ3n) is 7.36. The number of fused-ring (bicyclic) bond motifs is 1. The summed E-state index contributed by atoms with van der Waals surface area (Å²) >= 11 is 0. The minimum atomic E-state index is -3.59. The van der Waals surface area contributed by atoms with E-state index in [1.165, 1.54) is 82.8 Å². The molecule has 2 aromatic rings. The predicted octanol–water partition coefficient (Wildman–Crippen LogP) is 13.7. The molecular formula is C38H69F3N2O2. The summed E-state index contributed by atoms with van der Waals surface area (Å²) in [4.78, 5) is 0. The Kier molecular flexibility index (Phi) is 28.0. The van der Waals surface area contributed by atoms with Gasteiger partial charge in [-0.1, -0.05) is 146 Å². The Morgan fingerprint density at radius 3 is 1.67 bits per heavy atom. The average molecular weight is 643 g/mol. The lowest BCUT2D eigenvalue weighted by Gasteiger charge is -2.05. The van der Waals surface area contributed by atoms with Gasteiger partial charge < -0.3 is 9.47 Å². The van der Waals surface area contributed by atoms with Gasteiger partial charge in [-0.25, -0.2) is 9.07 Å². The van der Waals surface area contributed by atoms with Crippen LogP contribution in [-0.2, 0) is 0 Å². The maximum Gasteiger partial charge on any atom is 0.586 e. The Hall–Kier alpha value is -2.18. The molecule has 1 aliphatic heterocycles. The number of hydrogen-bond donors (Lipinski definition) is 0. The number of halogens is 3. The summed E-state index contributed by atoms with van der Waals surface area (Å²) in [6.45, 7) is 23.5. The molecule has 0 bridgehead atoms. The molecule has 7 heteroatoms. The highest BCUT2D eigenvalue weighted by Gasteiger charge is 2.43. The van der Waals surface area contributed by atoms with E-state index in [9.17, 15) is 13.2 Å².